The molecule has 0 aliphatic heterocycles. The minimum Gasteiger partial charge on any atom is -0.282 e. The second-order valence-corrected chi connectivity index (χ2v) is 8.53. The summed E-state index contributed by atoms with van der Waals surface area (Å²) >= 11 is 0. The zero-order valence-electron chi connectivity index (χ0n) is 15.9. The highest BCUT2D eigenvalue weighted by Crippen LogP contribution is 2.15. The Bertz CT molecular complexity index is 535. The molecule has 0 amide bonds. The van der Waals surface area contributed by atoms with Crippen LogP contribution in [0, 0.1) is 0 Å². The highest BCUT2D eigenvalue weighted by atomic mass is 32.2. The van der Waals surface area contributed by atoms with Crippen molar-refractivity contribution in [1.82, 2.24) is 0 Å². The van der Waals surface area contributed by atoms with Crippen molar-refractivity contribution in [2.75, 3.05) is 0 Å². The van der Waals surface area contributed by atoms with E-state index in [1.807, 2.05) is 0 Å². The largest absolute Gasteiger partial charge is 0.294 e. The van der Waals surface area contributed by atoms with Crippen molar-refractivity contribution in [1.29, 1.82) is 0 Å². The summed E-state index contributed by atoms with van der Waals surface area (Å²) in [5.41, 5.74) is 1.13. The lowest BCUT2D eigenvalue weighted by molar-refractivity contribution is 0.483. The van der Waals surface area contributed by atoms with Gasteiger partial charge in [0.15, 0.2) is 0 Å². The molecule has 0 atom stereocenters. The maximum Gasteiger partial charge on any atom is 0.294 e. The number of aryl methyl sites for hydroxylation is 1. The Hall–Kier alpha value is -0.870. The zero-order chi connectivity index (χ0) is 18.4. The molecule has 144 valence electrons. The van der Waals surface area contributed by atoms with E-state index in [0.29, 0.717) is 0 Å². The molecule has 0 spiro atoms. The lowest BCUT2D eigenvalue weighted by atomic mass is 10.0. The Kier molecular flexibility index (Phi) is 11.8. The topological polar surface area (TPSA) is 54.4 Å². The van der Waals surface area contributed by atoms with Gasteiger partial charge in [0.05, 0.1) is 4.90 Å². The summed E-state index contributed by atoms with van der Waals surface area (Å²) in [6.07, 6.45) is 18.5. The van der Waals surface area contributed by atoms with Gasteiger partial charge in [0, 0.05) is 0 Å². The van der Waals surface area contributed by atoms with Crippen molar-refractivity contribution >= 4 is 10.1 Å². The zero-order valence-corrected chi connectivity index (χ0v) is 16.7. The van der Waals surface area contributed by atoms with Crippen LogP contribution in [0.1, 0.15) is 96.0 Å². The van der Waals surface area contributed by atoms with Crippen LogP contribution in [0.25, 0.3) is 0 Å². The Morgan fingerprint density at radius 2 is 1.08 bits per heavy atom. The van der Waals surface area contributed by atoms with Gasteiger partial charge in [-0.3, -0.25) is 4.55 Å². The molecule has 0 bridgehead atoms. The number of rotatable bonds is 15. The van der Waals surface area contributed by atoms with Crippen LogP contribution in [0.4, 0.5) is 0 Å². The van der Waals surface area contributed by atoms with E-state index < -0.39 is 10.1 Å². The highest BCUT2D eigenvalue weighted by molar-refractivity contribution is 7.85. The van der Waals surface area contributed by atoms with Crippen molar-refractivity contribution in [3.05, 3.63) is 29.8 Å². The van der Waals surface area contributed by atoms with Gasteiger partial charge in [0.25, 0.3) is 10.1 Å². The molecule has 25 heavy (non-hydrogen) atoms. The molecule has 1 aromatic rings. The van der Waals surface area contributed by atoms with Gasteiger partial charge < -0.3 is 0 Å². The van der Waals surface area contributed by atoms with Gasteiger partial charge in [-0.15, -0.1) is 0 Å². The molecular formula is C21H36O3S. The van der Waals surface area contributed by atoms with Gasteiger partial charge in [-0.1, -0.05) is 96.1 Å². The quantitative estimate of drug-likeness (QED) is 0.281. The molecule has 0 unspecified atom stereocenters. The average Bonchev–Trinajstić information content (AvgIpc) is 2.58. The SMILES string of the molecule is CCCCCCCCCCCCCCCc1ccc(S(=O)(=O)O)cc1. The fraction of sp³-hybridized carbons (Fsp3) is 0.714. The fourth-order valence-electron chi connectivity index (χ4n) is 3.17. The van der Waals surface area contributed by atoms with Crippen molar-refractivity contribution in [2.24, 2.45) is 0 Å². The Labute approximate surface area is 155 Å². The standard InChI is InChI=1S/C21H36O3S/c1-2-3-4-5-6-7-8-9-10-11-12-13-14-15-20-16-18-21(19-17-20)25(22,23)24/h16-19H,2-15H2,1H3,(H,22,23,24). The molecular weight excluding hydrogens is 332 g/mol. The van der Waals surface area contributed by atoms with Gasteiger partial charge in [-0.05, 0) is 30.5 Å². The molecule has 0 saturated carbocycles. The average molecular weight is 369 g/mol. The van der Waals surface area contributed by atoms with Gasteiger partial charge in [-0.2, -0.15) is 8.42 Å². The van der Waals surface area contributed by atoms with E-state index in [2.05, 4.69) is 6.92 Å². The first-order chi connectivity index (χ1) is 12.0. The first kappa shape index (κ1) is 22.2. The van der Waals surface area contributed by atoms with Crippen LogP contribution in [0.15, 0.2) is 29.2 Å². The van der Waals surface area contributed by atoms with Gasteiger partial charge in [0.1, 0.15) is 0 Å². The van der Waals surface area contributed by atoms with Gasteiger partial charge in [0.2, 0.25) is 0 Å². The van der Waals surface area contributed by atoms with Crippen LogP contribution in [-0.4, -0.2) is 13.0 Å². The predicted octanol–water partition coefficient (Wildman–Crippen LogP) is 6.57. The maximum atomic E-state index is 11.0. The Morgan fingerprint density at radius 3 is 1.48 bits per heavy atom. The molecule has 0 fully saturated rings. The van der Waals surface area contributed by atoms with Crippen LogP contribution in [0.3, 0.4) is 0 Å². The summed E-state index contributed by atoms with van der Waals surface area (Å²) in [5, 5.41) is 0. The monoisotopic (exact) mass is 368 g/mol. The summed E-state index contributed by atoms with van der Waals surface area (Å²) in [6.45, 7) is 2.26. The smallest absolute Gasteiger partial charge is 0.282 e. The van der Waals surface area contributed by atoms with E-state index in [4.69, 9.17) is 4.55 Å². The van der Waals surface area contributed by atoms with E-state index in [1.165, 1.54) is 89.2 Å². The van der Waals surface area contributed by atoms with E-state index in [-0.39, 0.29) is 4.90 Å². The van der Waals surface area contributed by atoms with Crippen molar-refractivity contribution in [3.8, 4) is 0 Å². The summed E-state index contributed by atoms with van der Waals surface area (Å²) in [7, 11) is -4.07. The minimum absolute atomic E-state index is 0.0263. The molecule has 4 heteroatoms. The van der Waals surface area contributed by atoms with Crippen LogP contribution in [0.5, 0.6) is 0 Å². The third kappa shape index (κ3) is 11.4. The molecule has 1 N–H and O–H groups in total. The summed E-state index contributed by atoms with van der Waals surface area (Å²) in [6, 6.07) is 6.55. The van der Waals surface area contributed by atoms with Gasteiger partial charge >= 0.3 is 0 Å². The molecule has 0 aliphatic carbocycles. The second kappa shape index (κ2) is 13.3. The van der Waals surface area contributed by atoms with E-state index >= 15 is 0 Å². The molecule has 0 aromatic heterocycles. The minimum atomic E-state index is -4.07. The van der Waals surface area contributed by atoms with Crippen LogP contribution in [-0.2, 0) is 16.5 Å². The summed E-state index contributed by atoms with van der Waals surface area (Å²) in [4.78, 5) is -0.0263. The third-order valence-electron chi connectivity index (χ3n) is 4.79. The summed E-state index contributed by atoms with van der Waals surface area (Å²) in [5.74, 6) is 0. The number of hydrogen-bond acceptors (Lipinski definition) is 2. The molecule has 0 saturated heterocycles. The first-order valence-electron chi connectivity index (χ1n) is 10.1. The first-order valence-corrected chi connectivity index (χ1v) is 11.5. The second-order valence-electron chi connectivity index (χ2n) is 7.11. The van der Waals surface area contributed by atoms with Crippen molar-refractivity contribution in [2.45, 2.75) is 102 Å². The van der Waals surface area contributed by atoms with Crippen LogP contribution < -0.4 is 0 Å². The fourth-order valence-corrected chi connectivity index (χ4v) is 3.66. The van der Waals surface area contributed by atoms with Crippen LogP contribution in [0.2, 0.25) is 0 Å². The third-order valence-corrected chi connectivity index (χ3v) is 5.66. The van der Waals surface area contributed by atoms with Crippen LogP contribution >= 0.6 is 0 Å². The highest BCUT2D eigenvalue weighted by Gasteiger charge is 2.08. The van der Waals surface area contributed by atoms with Crippen molar-refractivity contribution < 1.29 is 13.0 Å². The summed E-state index contributed by atoms with van der Waals surface area (Å²) < 4.78 is 30.9. The van der Waals surface area contributed by atoms with Crippen molar-refractivity contribution in [3.63, 3.8) is 0 Å². The predicted molar refractivity (Wildman–Crippen MR) is 106 cm³/mol. The lowest BCUT2D eigenvalue weighted by Crippen LogP contribution is -1.98. The molecule has 0 aliphatic rings. The van der Waals surface area contributed by atoms with Gasteiger partial charge in [-0.25, -0.2) is 0 Å². The molecule has 0 radical (unpaired) electrons. The number of benzene rings is 1. The number of unbranched alkanes of at least 4 members (excludes halogenated alkanes) is 12. The molecule has 3 nitrogen and oxygen atoms in total. The lowest BCUT2D eigenvalue weighted by Gasteiger charge is -2.04. The van der Waals surface area contributed by atoms with E-state index in [9.17, 15) is 8.42 Å². The normalized spacial score (nSPS) is 11.8. The number of hydrogen-bond donors (Lipinski definition) is 1. The molecule has 0 heterocycles. The van der Waals surface area contributed by atoms with E-state index in [1.54, 1.807) is 12.1 Å². The Balaban J connectivity index is 1.93. The molecule has 1 rings (SSSR count). The Morgan fingerprint density at radius 1 is 0.680 bits per heavy atom. The maximum absolute atomic E-state index is 11.0. The van der Waals surface area contributed by atoms with E-state index in [0.717, 1.165) is 18.4 Å². The molecule has 1 aromatic carbocycles.